The fourth-order valence-corrected chi connectivity index (χ4v) is 4.37. The molecule has 2 unspecified atom stereocenters. The third-order valence-electron chi connectivity index (χ3n) is 5.60. The maximum Gasteiger partial charge on any atom is 0.525 e. The zero-order valence-electron chi connectivity index (χ0n) is 17.1. The number of benzene rings is 2. The number of rotatable bonds is 8. The van der Waals surface area contributed by atoms with Crippen LogP contribution < -0.4 is 0 Å². The van der Waals surface area contributed by atoms with Crippen molar-refractivity contribution in [2.75, 3.05) is 0 Å². The number of alkyl halides is 3. The molecule has 2 aromatic carbocycles. The first-order valence-corrected chi connectivity index (χ1v) is 11.5. The fraction of sp³-hybridized carbons (Fsp3) is 0.476. The Morgan fingerprint density at radius 3 is 2.52 bits per heavy atom. The van der Waals surface area contributed by atoms with Gasteiger partial charge in [-0.15, -0.1) is 4.28 Å². The van der Waals surface area contributed by atoms with Gasteiger partial charge in [0.05, 0.1) is 5.56 Å². The van der Waals surface area contributed by atoms with Crippen molar-refractivity contribution in [2.24, 2.45) is 5.92 Å². The smallest absolute Gasteiger partial charge is 0.367 e. The van der Waals surface area contributed by atoms with Gasteiger partial charge in [-0.2, -0.15) is 26.7 Å². The van der Waals surface area contributed by atoms with E-state index in [4.69, 9.17) is 0 Å². The Labute approximate surface area is 178 Å². The molecule has 1 amide bonds. The number of hydrogen-bond acceptors (Lipinski definition) is 5. The van der Waals surface area contributed by atoms with E-state index in [9.17, 15) is 31.5 Å². The van der Waals surface area contributed by atoms with Crippen LogP contribution in [0.5, 0.6) is 0 Å². The third kappa shape index (κ3) is 4.42. The first-order chi connectivity index (χ1) is 14.5. The van der Waals surface area contributed by atoms with Gasteiger partial charge in [0, 0.05) is 10.9 Å². The van der Waals surface area contributed by atoms with Crippen LogP contribution in [-0.2, 0) is 20.8 Å². The summed E-state index contributed by atoms with van der Waals surface area (Å²) in [5, 5.41) is 11.7. The average molecular weight is 459 g/mol. The fourth-order valence-electron chi connectivity index (χ4n) is 3.93. The molecule has 0 bridgehead atoms. The number of carbonyl (C=O) groups is 1. The maximum atomic E-state index is 12.8. The minimum Gasteiger partial charge on any atom is -0.367 e. The quantitative estimate of drug-likeness (QED) is 0.572. The van der Waals surface area contributed by atoms with Crippen molar-refractivity contribution in [1.82, 2.24) is 5.06 Å². The van der Waals surface area contributed by atoms with Gasteiger partial charge in [0.15, 0.2) is 6.23 Å². The van der Waals surface area contributed by atoms with Crippen molar-refractivity contribution in [1.29, 1.82) is 0 Å². The van der Waals surface area contributed by atoms with Crippen LogP contribution in [0.15, 0.2) is 30.3 Å². The van der Waals surface area contributed by atoms with Gasteiger partial charge in [0.25, 0.3) is 5.91 Å². The highest BCUT2D eigenvalue weighted by atomic mass is 32.2. The maximum absolute atomic E-state index is 12.8. The van der Waals surface area contributed by atoms with E-state index in [0.29, 0.717) is 22.8 Å². The van der Waals surface area contributed by atoms with Crippen molar-refractivity contribution < 1.29 is 35.8 Å². The molecule has 1 aliphatic rings. The van der Waals surface area contributed by atoms with E-state index in [1.54, 1.807) is 18.2 Å². The molecule has 0 spiro atoms. The largest absolute Gasteiger partial charge is 0.525 e. The minimum atomic E-state index is -6.14. The van der Waals surface area contributed by atoms with Crippen LogP contribution in [0.3, 0.4) is 0 Å². The molecular formula is C21H24F3NO5S. The van der Waals surface area contributed by atoms with Gasteiger partial charge >= 0.3 is 15.6 Å². The summed E-state index contributed by atoms with van der Waals surface area (Å²) in [4.78, 5) is 12.8. The Balaban J connectivity index is 2.11. The minimum absolute atomic E-state index is 0.0290. The van der Waals surface area contributed by atoms with Crippen LogP contribution in [0, 0.1) is 5.92 Å². The average Bonchev–Trinajstić information content (AvgIpc) is 2.71. The molecular weight excluding hydrogens is 435 g/mol. The number of unbranched alkanes of at least 4 members (excludes halogenated alkanes) is 1. The summed E-state index contributed by atoms with van der Waals surface area (Å²) >= 11 is 0. The van der Waals surface area contributed by atoms with E-state index in [1.807, 2.05) is 6.92 Å². The van der Waals surface area contributed by atoms with Gasteiger partial charge in [-0.05, 0) is 29.4 Å². The molecule has 0 radical (unpaired) electrons. The number of aliphatic hydroxyl groups excluding tert-OH is 1. The number of amides is 1. The molecule has 10 heteroatoms. The molecule has 1 aliphatic heterocycles. The normalized spacial score (nSPS) is 17.9. The standard InChI is InChI=1S/C21H24F3NO5S/c1-3-5-7-13(4-2)12-15-11-10-14-8-6-9-16-17(14)18(15)20(27)25(19(16)26)30-31(28,29)21(22,23)24/h6,8-11,13,20,27H,3-5,7,12H2,1-2H3. The Bertz CT molecular complexity index is 1080. The van der Waals surface area contributed by atoms with Crippen LogP contribution in [0.4, 0.5) is 13.2 Å². The molecule has 0 aromatic heterocycles. The van der Waals surface area contributed by atoms with Crippen LogP contribution in [-0.4, -0.2) is 30.0 Å². The second kappa shape index (κ2) is 8.76. The Morgan fingerprint density at radius 1 is 1.19 bits per heavy atom. The summed E-state index contributed by atoms with van der Waals surface area (Å²) in [6.07, 6.45) is 2.34. The molecule has 2 aromatic rings. The van der Waals surface area contributed by atoms with Gasteiger partial charge in [0.2, 0.25) is 0 Å². The van der Waals surface area contributed by atoms with Crippen LogP contribution in [0.2, 0.25) is 0 Å². The van der Waals surface area contributed by atoms with Crippen LogP contribution in [0.1, 0.15) is 67.2 Å². The lowest BCUT2D eigenvalue weighted by Gasteiger charge is -2.33. The van der Waals surface area contributed by atoms with Crippen molar-refractivity contribution in [3.05, 3.63) is 47.0 Å². The predicted molar refractivity (Wildman–Crippen MR) is 108 cm³/mol. The molecule has 1 heterocycles. The van der Waals surface area contributed by atoms with E-state index < -0.39 is 27.8 Å². The topological polar surface area (TPSA) is 83.9 Å². The van der Waals surface area contributed by atoms with E-state index in [2.05, 4.69) is 11.2 Å². The van der Waals surface area contributed by atoms with E-state index in [-0.39, 0.29) is 22.1 Å². The Morgan fingerprint density at radius 2 is 1.90 bits per heavy atom. The van der Waals surface area contributed by atoms with Crippen molar-refractivity contribution in [2.45, 2.75) is 57.7 Å². The van der Waals surface area contributed by atoms with E-state index >= 15 is 0 Å². The van der Waals surface area contributed by atoms with Crippen LogP contribution >= 0.6 is 0 Å². The first-order valence-electron chi connectivity index (χ1n) is 10.1. The highest BCUT2D eigenvalue weighted by Crippen LogP contribution is 2.40. The number of hydrogen-bond donors (Lipinski definition) is 1. The number of hydroxylamine groups is 2. The van der Waals surface area contributed by atoms with Crippen molar-refractivity contribution in [3.8, 4) is 0 Å². The van der Waals surface area contributed by atoms with Gasteiger partial charge in [-0.1, -0.05) is 63.8 Å². The molecule has 170 valence electrons. The first kappa shape index (κ1) is 23.5. The monoisotopic (exact) mass is 459 g/mol. The number of aliphatic hydroxyl groups is 1. The van der Waals surface area contributed by atoms with Crippen molar-refractivity contribution in [3.63, 3.8) is 0 Å². The summed E-state index contributed by atoms with van der Waals surface area (Å²) in [6, 6.07) is 8.15. The lowest BCUT2D eigenvalue weighted by atomic mass is 9.85. The lowest BCUT2D eigenvalue weighted by molar-refractivity contribution is -0.151. The van der Waals surface area contributed by atoms with Gasteiger partial charge in [0.1, 0.15) is 0 Å². The molecule has 0 saturated heterocycles. The summed E-state index contributed by atoms with van der Waals surface area (Å²) in [6.45, 7) is 4.11. The van der Waals surface area contributed by atoms with Gasteiger partial charge < -0.3 is 5.11 Å². The molecule has 0 saturated carbocycles. The predicted octanol–water partition coefficient (Wildman–Crippen LogP) is 4.83. The third-order valence-corrected chi connectivity index (χ3v) is 6.52. The molecule has 3 rings (SSSR count). The number of carbonyl (C=O) groups excluding carboxylic acids is 1. The van der Waals surface area contributed by atoms with Gasteiger partial charge in [-0.25, -0.2) is 0 Å². The number of nitrogens with zero attached hydrogens (tertiary/aromatic N) is 1. The molecule has 0 fully saturated rings. The highest BCUT2D eigenvalue weighted by molar-refractivity contribution is 7.87. The second-order valence-corrected chi connectivity index (χ2v) is 9.16. The lowest BCUT2D eigenvalue weighted by Crippen LogP contribution is -2.43. The zero-order chi connectivity index (χ0) is 23.0. The second-order valence-electron chi connectivity index (χ2n) is 7.64. The SMILES string of the molecule is CCCCC(CC)Cc1ccc2cccc3c2c1C(O)N(OS(=O)(=O)C(F)(F)F)C3=O. The number of halogens is 3. The Kier molecular flexibility index (Phi) is 6.64. The summed E-state index contributed by atoms with van der Waals surface area (Å²) in [7, 11) is -6.14. The highest BCUT2D eigenvalue weighted by Gasteiger charge is 2.51. The molecule has 31 heavy (non-hydrogen) atoms. The van der Waals surface area contributed by atoms with Gasteiger partial charge in [-0.3, -0.25) is 4.79 Å². The summed E-state index contributed by atoms with van der Waals surface area (Å²) in [5.74, 6) is -0.896. The van der Waals surface area contributed by atoms with Crippen LogP contribution in [0.25, 0.3) is 10.8 Å². The summed E-state index contributed by atoms with van der Waals surface area (Å²) < 4.78 is 65.7. The summed E-state index contributed by atoms with van der Waals surface area (Å²) in [5.41, 5.74) is -4.94. The van der Waals surface area contributed by atoms with E-state index in [1.165, 1.54) is 12.1 Å². The molecule has 6 nitrogen and oxygen atoms in total. The molecule has 0 aliphatic carbocycles. The molecule has 2 atom stereocenters. The van der Waals surface area contributed by atoms with Crippen molar-refractivity contribution >= 4 is 26.8 Å². The zero-order valence-corrected chi connectivity index (χ0v) is 18.0. The molecule has 1 N–H and O–H groups in total. The van der Waals surface area contributed by atoms with E-state index in [0.717, 1.165) is 25.7 Å². The Hall–Kier alpha value is -2.17.